The van der Waals surface area contributed by atoms with E-state index in [2.05, 4.69) is 21.8 Å². The molecule has 1 fully saturated rings. The molecule has 0 radical (unpaired) electrons. The molecule has 10 heteroatoms. The molecule has 4 aliphatic rings. The topological polar surface area (TPSA) is 105 Å². The van der Waals surface area contributed by atoms with Crippen molar-refractivity contribution >= 4 is 33.2 Å². The van der Waals surface area contributed by atoms with Crippen molar-refractivity contribution in [2.45, 2.75) is 75.2 Å². The lowest BCUT2D eigenvalue weighted by Gasteiger charge is -2.45. The van der Waals surface area contributed by atoms with Gasteiger partial charge in [0.1, 0.15) is 11.0 Å². The molecule has 6 rings (SSSR count). The lowest BCUT2D eigenvalue weighted by atomic mass is 9.68. The summed E-state index contributed by atoms with van der Waals surface area (Å²) in [6, 6.07) is 11.3. The number of anilines is 1. The van der Waals surface area contributed by atoms with Crippen molar-refractivity contribution in [3.05, 3.63) is 70.3 Å². The van der Waals surface area contributed by atoms with Crippen molar-refractivity contribution in [2.75, 3.05) is 31.7 Å². The monoisotopic (exact) mass is 642 g/mol. The van der Waals surface area contributed by atoms with Crippen molar-refractivity contribution in [1.29, 1.82) is 0 Å². The number of nitrogens with zero attached hydrogens (tertiary/aromatic N) is 1. The molecule has 2 heterocycles. The summed E-state index contributed by atoms with van der Waals surface area (Å²) in [6.07, 6.45) is 7.43. The molecule has 1 amide bonds. The van der Waals surface area contributed by atoms with Gasteiger partial charge in [-0.25, -0.2) is 13.1 Å². The number of halogens is 1. The van der Waals surface area contributed by atoms with Crippen LogP contribution < -0.4 is 14.4 Å². The van der Waals surface area contributed by atoms with Crippen LogP contribution >= 0.6 is 11.6 Å². The highest BCUT2D eigenvalue weighted by Gasteiger charge is 2.44. The molecule has 6 atom stereocenters. The number of carbonyl (C=O) groups excluding carboxylic acids is 1. The molecular formula is C34H43ClN2O6S. The Morgan fingerprint density at radius 1 is 1.18 bits per heavy atom. The predicted molar refractivity (Wildman–Crippen MR) is 172 cm³/mol. The van der Waals surface area contributed by atoms with E-state index in [0.29, 0.717) is 31.9 Å². The van der Waals surface area contributed by atoms with E-state index in [-0.39, 0.29) is 28.7 Å². The largest absolute Gasteiger partial charge is 0.490 e. The molecule has 2 aliphatic heterocycles. The summed E-state index contributed by atoms with van der Waals surface area (Å²) >= 11 is 6.40. The van der Waals surface area contributed by atoms with Crippen molar-refractivity contribution in [3.63, 3.8) is 0 Å². The highest BCUT2D eigenvalue weighted by molar-refractivity contribution is 7.90. The molecule has 2 bridgehead atoms. The van der Waals surface area contributed by atoms with Gasteiger partial charge in [-0.05, 0) is 97.7 Å². The zero-order chi connectivity index (χ0) is 31.2. The van der Waals surface area contributed by atoms with Crippen LogP contribution in [0.1, 0.15) is 67.4 Å². The van der Waals surface area contributed by atoms with Gasteiger partial charge >= 0.3 is 0 Å². The average molecular weight is 643 g/mol. The summed E-state index contributed by atoms with van der Waals surface area (Å²) in [6.45, 7) is 5.47. The SMILES string of the molecule is CO[C@H]1C/C=C\[C@H](O)[C@@H]2CC[C@H]2CN2C[C@@]3(CCCc4cc(Cl)ccc43)COc3ccc(cc32)C(=O)NS(=O)(=O)[C@@H]1C(C)C. The van der Waals surface area contributed by atoms with E-state index in [1.54, 1.807) is 38.1 Å². The van der Waals surface area contributed by atoms with Gasteiger partial charge in [0.15, 0.2) is 0 Å². The number of ether oxygens (including phenoxy) is 2. The minimum absolute atomic E-state index is 0.0808. The molecule has 2 aromatic carbocycles. The van der Waals surface area contributed by atoms with Gasteiger partial charge in [-0.2, -0.15) is 0 Å². The molecule has 2 aromatic rings. The molecule has 0 aromatic heterocycles. The summed E-state index contributed by atoms with van der Waals surface area (Å²) in [5, 5.41) is 11.0. The van der Waals surface area contributed by atoms with Gasteiger partial charge in [-0.1, -0.05) is 43.7 Å². The molecular weight excluding hydrogens is 600 g/mol. The maximum Gasteiger partial charge on any atom is 0.264 e. The Morgan fingerprint density at radius 2 is 2.00 bits per heavy atom. The van der Waals surface area contributed by atoms with E-state index in [0.717, 1.165) is 42.8 Å². The number of rotatable bonds is 2. The first-order valence-corrected chi connectivity index (χ1v) is 17.7. The Hall–Kier alpha value is -2.59. The number of sulfonamides is 1. The van der Waals surface area contributed by atoms with E-state index in [1.165, 1.54) is 18.2 Å². The fourth-order valence-corrected chi connectivity index (χ4v) is 9.96. The summed E-state index contributed by atoms with van der Waals surface area (Å²) in [5.41, 5.74) is 3.24. The van der Waals surface area contributed by atoms with Crippen LogP contribution in [0.15, 0.2) is 48.6 Å². The van der Waals surface area contributed by atoms with Crippen LogP contribution in [0, 0.1) is 17.8 Å². The van der Waals surface area contributed by atoms with Crippen LogP contribution in [-0.2, 0) is 26.6 Å². The highest BCUT2D eigenvalue weighted by Crippen LogP contribution is 2.46. The van der Waals surface area contributed by atoms with E-state index >= 15 is 0 Å². The smallest absolute Gasteiger partial charge is 0.264 e. The minimum atomic E-state index is -4.11. The highest BCUT2D eigenvalue weighted by atomic mass is 35.5. The zero-order valence-corrected chi connectivity index (χ0v) is 27.2. The molecule has 0 unspecified atom stereocenters. The zero-order valence-electron chi connectivity index (χ0n) is 25.7. The molecule has 0 saturated heterocycles. The molecule has 2 aliphatic carbocycles. The predicted octanol–water partition coefficient (Wildman–Crippen LogP) is 5.26. The Bertz CT molecular complexity index is 1540. The molecule has 8 nitrogen and oxygen atoms in total. The lowest BCUT2D eigenvalue weighted by molar-refractivity contribution is 0.0450. The quantitative estimate of drug-likeness (QED) is 0.431. The van der Waals surface area contributed by atoms with Gasteiger partial charge < -0.3 is 19.5 Å². The first kappa shape index (κ1) is 31.4. The Morgan fingerprint density at radius 3 is 2.73 bits per heavy atom. The Labute approximate surface area is 265 Å². The van der Waals surface area contributed by atoms with Crippen molar-refractivity contribution < 1.29 is 27.8 Å². The molecule has 2 N–H and O–H groups in total. The average Bonchev–Trinajstić information content (AvgIpc) is 3.10. The molecule has 44 heavy (non-hydrogen) atoms. The lowest BCUT2D eigenvalue weighted by Crippen LogP contribution is -2.49. The van der Waals surface area contributed by atoms with Crippen LogP contribution in [0.3, 0.4) is 0 Å². The third-order valence-electron chi connectivity index (χ3n) is 10.3. The first-order chi connectivity index (χ1) is 21.0. The number of carbonyl (C=O) groups is 1. The number of aryl methyl sites for hydroxylation is 1. The fraction of sp³-hybridized carbons (Fsp3) is 0.559. The standard InChI is InChI=1S/C34H43ClN2O6S/c1-21(2)32-31(42-3)8-4-7-29(38)26-12-9-24(26)18-37-19-34(15-5-6-22-16-25(35)11-13-27(22)34)20-43-30-14-10-23(17-28(30)37)33(39)36-44(32,40)41/h4,7,10-11,13-14,16-17,21,24,26,29,31-32,38H,5-6,8-9,12,15,18-20H2,1-3H3,(H,36,39)/b7-4-/t24-,26+,29-,31-,32+,34-/m0/s1. The second-order valence-electron chi connectivity index (χ2n) is 13.4. The second-order valence-corrected chi connectivity index (χ2v) is 15.7. The van der Waals surface area contributed by atoms with Crippen LogP contribution in [0.4, 0.5) is 5.69 Å². The van der Waals surface area contributed by atoms with Crippen LogP contribution in [0.5, 0.6) is 5.75 Å². The van der Waals surface area contributed by atoms with Gasteiger partial charge in [-0.15, -0.1) is 0 Å². The molecule has 238 valence electrons. The number of amides is 1. The second kappa shape index (κ2) is 12.3. The summed E-state index contributed by atoms with van der Waals surface area (Å²) < 4.78 is 41.8. The van der Waals surface area contributed by atoms with Crippen LogP contribution in [0.25, 0.3) is 0 Å². The first-order valence-electron chi connectivity index (χ1n) is 15.8. The third-order valence-corrected chi connectivity index (χ3v) is 12.6. The van der Waals surface area contributed by atoms with E-state index in [4.69, 9.17) is 21.1 Å². The Balaban J connectivity index is 1.43. The number of aliphatic hydroxyl groups is 1. The number of benzene rings is 2. The number of aliphatic hydroxyl groups excluding tert-OH is 1. The maximum absolute atomic E-state index is 13.6. The minimum Gasteiger partial charge on any atom is -0.490 e. The van der Waals surface area contributed by atoms with Crippen LogP contribution in [-0.4, -0.2) is 63.7 Å². The number of hydrogen-bond donors (Lipinski definition) is 2. The van der Waals surface area contributed by atoms with Gasteiger partial charge in [-0.3, -0.25) is 4.79 Å². The van der Waals surface area contributed by atoms with Gasteiger partial charge in [0.05, 0.1) is 24.5 Å². The number of methoxy groups -OCH3 is 1. The Kier molecular flexibility index (Phi) is 8.78. The number of hydrogen-bond acceptors (Lipinski definition) is 7. The summed E-state index contributed by atoms with van der Waals surface area (Å²) in [4.78, 5) is 15.9. The van der Waals surface area contributed by atoms with Gasteiger partial charge in [0, 0.05) is 36.2 Å². The van der Waals surface area contributed by atoms with Crippen molar-refractivity contribution in [2.24, 2.45) is 17.8 Å². The van der Waals surface area contributed by atoms with Gasteiger partial charge in [0.25, 0.3) is 5.91 Å². The normalized spacial score (nSPS) is 32.5. The van der Waals surface area contributed by atoms with E-state index in [1.807, 2.05) is 12.1 Å². The van der Waals surface area contributed by atoms with E-state index < -0.39 is 33.4 Å². The van der Waals surface area contributed by atoms with Crippen LogP contribution in [0.2, 0.25) is 5.02 Å². The van der Waals surface area contributed by atoms with Crippen molar-refractivity contribution in [1.82, 2.24) is 4.72 Å². The van der Waals surface area contributed by atoms with Crippen molar-refractivity contribution in [3.8, 4) is 5.75 Å². The number of nitrogens with one attached hydrogen (secondary N) is 1. The number of fused-ring (bicyclic) bond motifs is 4. The molecule has 1 saturated carbocycles. The van der Waals surface area contributed by atoms with Gasteiger partial charge in [0.2, 0.25) is 10.0 Å². The third kappa shape index (κ3) is 5.88. The molecule has 1 spiro atoms. The fourth-order valence-electron chi connectivity index (χ4n) is 7.91. The summed E-state index contributed by atoms with van der Waals surface area (Å²) in [7, 11) is -2.63. The summed E-state index contributed by atoms with van der Waals surface area (Å²) in [5.74, 6) is -0.00166. The van der Waals surface area contributed by atoms with E-state index in [9.17, 15) is 18.3 Å². The maximum atomic E-state index is 13.6.